The minimum Gasteiger partial charge on any atom is -0.481 e. The minimum absolute atomic E-state index is 0.132. The molecular formula is C12H21N3O2. The highest BCUT2D eigenvalue weighted by atomic mass is 16.4. The highest BCUT2D eigenvalue weighted by Gasteiger charge is 2.36. The minimum atomic E-state index is -0.893. The molecule has 1 heterocycles. The Morgan fingerprint density at radius 1 is 1.65 bits per heavy atom. The average molecular weight is 239 g/mol. The maximum Gasteiger partial charge on any atom is 0.311 e. The van der Waals surface area contributed by atoms with Crippen LogP contribution in [-0.4, -0.2) is 27.4 Å². The Labute approximate surface area is 102 Å². The highest BCUT2D eigenvalue weighted by Crippen LogP contribution is 2.26. The summed E-state index contributed by atoms with van der Waals surface area (Å²) < 4.78 is 1.83. The molecule has 0 amide bonds. The summed E-state index contributed by atoms with van der Waals surface area (Å²) in [4.78, 5) is 11.3. The molecule has 0 fully saturated rings. The highest BCUT2D eigenvalue weighted by molar-refractivity contribution is 5.75. The molecule has 0 aliphatic heterocycles. The van der Waals surface area contributed by atoms with E-state index in [0.717, 1.165) is 5.69 Å². The topological polar surface area (TPSA) is 81.1 Å². The zero-order valence-electron chi connectivity index (χ0n) is 10.7. The van der Waals surface area contributed by atoms with Gasteiger partial charge in [-0.1, -0.05) is 6.92 Å². The van der Waals surface area contributed by atoms with Crippen LogP contribution in [0.1, 0.15) is 38.9 Å². The van der Waals surface area contributed by atoms with Gasteiger partial charge in [-0.15, -0.1) is 0 Å². The second-order valence-corrected chi connectivity index (χ2v) is 4.70. The Morgan fingerprint density at radius 3 is 2.65 bits per heavy atom. The number of carbonyl (C=O) groups is 1. The summed E-state index contributed by atoms with van der Waals surface area (Å²) in [7, 11) is 0. The second kappa shape index (κ2) is 5.31. The van der Waals surface area contributed by atoms with Gasteiger partial charge >= 0.3 is 5.97 Å². The first-order valence-corrected chi connectivity index (χ1v) is 5.92. The van der Waals surface area contributed by atoms with Crippen LogP contribution in [0.5, 0.6) is 0 Å². The molecule has 3 N–H and O–H groups in total. The Kier molecular flexibility index (Phi) is 4.28. The molecule has 0 saturated heterocycles. The van der Waals surface area contributed by atoms with Crippen molar-refractivity contribution in [2.24, 2.45) is 11.1 Å². The molecule has 0 saturated carbocycles. The molecule has 5 heteroatoms. The standard InChI is InChI=1S/C12H21N3O2/c1-4-12(8-13,11(16)17)7-10-5-6-15(14-10)9(2)3/h5-6,9H,4,7-8,13H2,1-3H3,(H,16,17). The van der Waals surface area contributed by atoms with Gasteiger partial charge < -0.3 is 10.8 Å². The first-order valence-electron chi connectivity index (χ1n) is 5.92. The van der Waals surface area contributed by atoms with Crippen molar-refractivity contribution in [3.05, 3.63) is 18.0 Å². The summed E-state index contributed by atoms with van der Waals surface area (Å²) in [5, 5.41) is 13.7. The number of hydrogen-bond donors (Lipinski definition) is 2. The van der Waals surface area contributed by atoms with E-state index in [1.54, 1.807) is 0 Å². The average Bonchev–Trinajstić information content (AvgIpc) is 2.74. The Balaban J connectivity index is 2.90. The van der Waals surface area contributed by atoms with E-state index in [1.807, 2.05) is 37.7 Å². The van der Waals surface area contributed by atoms with Crippen LogP contribution in [0.2, 0.25) is 0 Å². The molecule has 0 spiro atoms. The molecule has 0 bridgehead atoms. The van der Waals surface area contributed by atoms with Crippen molar-refractivity contribution in [3.63, 3.8) is 0 Å². The Morgan fingerprint density at radius 2 is 2.29 bits per heavy atom. The van der Waals surface area contributed by atoms with Gasteiger partial charge in [0.2, 0.25) is 0 Å². The van der Waals surface area contributed by atoms with Crippen LogP contribution in [0.15, 0.2) is 12.3 Å². The lowest BCUT2D eigenvalue weighted by Crippen LogP contribution is -2.40. The lowest BCUT2D eigenvalue weighted by atomic mass is 9.81. The zero-order chi connectivity index (χ0) is 13.1. The van der Waals surface area contributed by atoms with Crippen molar-refractivity contribution in [2.45, 2.75) is 39.7 Å². The van der Waals surface area contributed by atoms with Crippen LogP contribution in [0, 0.1) is 5.41 Å². The van der Waals surface area contributed by atoms with E-state index in [4.69, 9.17) is 5.73 Å². The predicted molar refractivity (Wildman–Crippen MR) is 65.7 cm³/mol. The maximum atomic E-state index is 11.3. The van der Waals surface area contributed by atoms with Gasteiger partial charge in [-0.2, -0.15) is 5.10 Å². The second-order valence-electron chi connectivity index (χ2n) is 4.70. The van der Waals surface area contributed by atoms with Crippen LogP contribution >= 0.6 is 0 Å². The quantitative estimate of drug-likeness (QED) is 0.787. The molecule has 0 aliphatic carbocycles. The third-order valence-corrected chi connectivity index (χ3v) is 3.23. The van der Waals surface area contributed by atoms with Crippen LogP contribution in [0.4, 0.5) is 0 Å². The molecule has 1 aromatic rings. The summed E-state index contributed by atoms with van der Waals surface area (Å²) in [6.45, 7) is 6.04. The number of hydrogen-bond acceptors (Lipinski definition) is 3. The van der Waals surface area contributed by atoms with E-state index < -0.39 is 11.4 Å². The smallest absolute Gasteiger partial charge is 0.311 e. The SMILES string of the molecule is CCC(CN)(Cc1ccn(C(C)C)n1)C(=O)O. The molecule has 0 radical (unpaired) electrons. The fourth-order valence-corrected chi connectivity index (χ4v) is 1.76. The number of nitrogens with zero attached hydrogens (tertiary/aromatic N) is 2. The summed E-state index contributed by atoms with van der Waals surface area (Å²) in [6.07, 6.45) is 2.77. The van der Waals surface area contributed by atoms with Gasteiger partial charge in [0, 0.05) is 25.2 Å². The van der Waals surface area contributed by atoms with Crippen LogP contribution < -0.4 is 5.73 Å². The molecule has 0 aliphatic rings. The largest absolute Gasteiger partial charge is 0.481 e. The number of carboxylic acids is 1. The van der Waals surface area contributed by atoms with E-state index in [9.17, 15) is 9.90 Å². The van der Waals surface area contributed by atoms with Crippen molar-refractivity contribution >= 4 is 5.97 Å². The number of aliphatic carboxylic acids is 1. The summed E-state index contributed by atoms with van der Waals surface area (Å²) in [6, 6.07) is 2.14. The number of aromatic nitrogens is 2. The van der Waals surface area contributed by atoms with Crippen molar-refractivity contribution in [3.8, 4) is 0 Å². The molecule has 1 atom stereocenters. The van der Waals surface area contributed by atoms with Gasteiger partial charge in [-0.05, 0) is 26.3 Å². The maximum absolute atomic E-state index is 11.3. The predicted octanol–water partition coefficient (Wildman–Crippen LogP) is 1.45. The number of carboxylic acid groups (broad SMARTS) is 1. The van der Waals surface area contributed by atoms with E-state index in [-0.39, 0.29) is 12.6 Å². The van der Waals surface area contributed by atoms with Gasteiger partial charge in [0.1, 0.15) is 0 Å². The summed E-state index contributed by atoms with van der Waals surface area (Å²) in [5.74, 6) is -0.846. The molecule has 0 aromatic carbocycles. The van der Waals surface area contributed by atoms with Crippen molar-refractivity contribution in [1.29, 1.82) is 0 Å². The van der Waals surface area contributed by atoms with E-state index >= 15 is 0 Å². The van der Waals surface area contributed by atoms with Gasteiger partial charge in [0.25, 0.3) is 0 Å². The normalized spacial score (nSPS) is 14.9. The lowest BCUT2D eigenvalue weighted by Gasteiger charge is -2.25. The third-order valence-electron chi connectivity index (χ3n) is 3.23. The van der Waals surface area contributed by atoms with Crippen LogP contribution in [-0.2, 0) is 11.2 Å². The van der Waals surface area contributed by atoms with E-state index in [2.05, 4.69) is 5.10 Å². The monoisotopic (exact) mass is 239 g/mol. The third kappa shape index (κ3) is 2.85. The summed E-state index contributed by atoms with van der Waals surface area (Å²) >= 11 is 0. The van der Waals surface area contributed by atoms with Gasteiger partial charge in [0.15, 0.2) is 0 Å². The molecule has 1 aromatic heterocycles. The van der Waals surface area contributed by atoms with Crippen molar-refractivity contribution in [1.82, 2.24) is 9.78 Å². The van der Waals surface area contributed by atoms with Gasteiger partial charge in [-0.3, -0.25) is 9.48 Å². The molecule has 1 unspecified atom stereocenters. The first kappa shape index (κ1) is 13.7. The Bertz CT molecular complexity index is 381. The van der Waals surface area contributed by atoms with E-state index in [0.29, 0.717) is 12.8 Å². The lowest BCUT2D eigenvalue weighted by molar-refractivity contribution is -0.148. The van der Waals surface area contributed by atoms with Crippen molar-refractivity contribution in [2.75, 3.05) is 6.54 Å². The fourth-order valence-electron chi connectivity index (χ4n) is 1.76. The first-order chi connectivity index (χ1) is 7.95. The van der Waals surface area contributed by atoms with Gasteiger partial charge in [0.05, 0.1) is 11.1 Å². The number of rotatable bonds is 6. The molecule has 96 valence electrons. The Hall–Kier alpha value is -1.36. The van der Waals surface area contributed by atoms with Gasteiger partial charge in [-0.25, -0.2) is 0 Å². The molecule has 5 nitrogen and oxygen atoms in total. The molecular weight excluding hydrogens is 218 g/mol. The summed E-state index contributed by atoms with van der Waals surface area (Å²) in [5.41, 5.74) is 5.51. The van der Waals surface area contributed by atoms with Crippen molar-refractivity contribution < 1.29 is 9.90 Å². The van der Waals surface area contributed by atoms with E-state index in [1.165, 1.54) is 0 Å². The molecule has 1 rings (SSSR count). The fraction of sp³-hybridized carbons (Fsp3) is 0.667. The number of nitrogens with two attached hydrogens (primary N) is 1. The molecule has 17 heavy (non-hydrogen) atoms. The zero-order valence-corrected chi connectivity index (χ0v) is 10.7. The van der Waals surface area contributed by atoms with Crippen LogP contribution in [0.25, 0.3) is 0 Å². The van der Waals surface area contributed by atoms with Crippen LogP contribution in [0.3, 0.4) is 0 Å².